The number of hydrogen-bond acceptors (Lipinski definition) is 4. The minimum atomic E-state index is -0.186. The molecule has 1 N–H and O–H groups in total. The Morgan fingerprint density at radius 1 is 1.04 bits per heavy atom. The number of aromatic nitrogens is 1. The molecule has 4 aromatic rings. The fraction of sp³-hybridized carbons (Fsp3) is 0.0909. The smallest absolute Gasteiger partial charge is 0.256 e. The van der Waals surface area contributed by atoms with E-state index in [9.17, 15) is 4.79 Å². The maximum absolute atomic E-state index is 13.0. The van der Waals surface area contributed by atoms with E-state index in [1.54, 1.807) is 18.4 Å². The molecule has 5 heteroatoms. The van der Waals surface area contributed by atoms with Crippen molar-refractivity contribution in [3.8, 4) is 16.3 Å². The van der Waals surface area contributed by atoms with E-state index >= 15 is 0 Å². The van der Waals surface area contributed by atoms with Crippen molar-refractivity contribution in [2.24, 2.45) is 0 Å². The second kappa shape index (κ2) is 7.21. The highest BCUT2D eigenvalue weighted by Gasteiger charge is 2.17. The molecule has 0 unspecified atom stereocenters. The lowest BCUT2D eigenvalue weighted by molar-refractivity contribution is 0.102. The van der Waals surface area contributed by atoms with Crippen LogP contribution < -0.4 is 10.1 Å². The molecule has 134 valence electrons. The lowest BCUT2D eigenvalue weighted by Crippen LogP contribution is -2.14. The second-order valence-corrected chi connectivity index (χ2v) is 7.22. The van der Waals surface area contributed by atoms with Crippen LogP contribution >= 0.6 is 11.3 Å². The van der Waals surface area contributed by atoms with E-state index < -0.39 is 0 Å². The van der Waals surface area contributed by atoms with E-state index in [2.05, 4.69) is 5.32 Å². The summed E-state index contributed by atoms with van der Waals surface area (Å²) in [5, 5.41) is 3.81. The molecule has 1 amide bonds. The number of aryl methyl sites for hydroxylation is 1. The number of ether oxygens (including phenoxy) is 1. The third-order valence-electron chi connectivity index (χ3n) is 4.30. The molecule has 0 fully saturated rings. The van der Waals surface area contributed by atoms with Crippen LogP contribution in [0.5, 0.6) is 5.75 Å². The minimum absolute atomic E-state index is 0.186. The van der Waals surface area contributed by atoms with Crippen molar-refractivity contribution >= 4 is 33.1 Å². The molecule has 3 aromatic carbocycles. The molecule has 0 aliphatic carbocycles. The Kier molecular flexibility index (Phi) is 4.60. The summed E-state index contributed by atoms with van der Waals surface area (Å²) >= 11 is 1.58. The zero-order chi connectivity index (χ0) is 18.8. The van der Waals surface area contributed by atoms with Gasteiger partial charge in [0.2, 0.25) is 0 Å². The van der Waals surface area contributed by atoms with Gasteiger partial charge in [0.15, 0.2) is 0 Å². The Bertz CT molecular complexity index is 1100. The second-order valence-electron chi connectivity index (χ2n) is 6.19. The van der Waals surface area contributed by atoms with E-state index in [0.29, 0.717) is 17.0 Å². The number of methoxy groups -OCH3 is 1. The molecule has 1 aromatic heterocycles. The van der Waals surface area contributed by atoms with Crippen LogP contribution in [0, 0.1) is 6.92 Å². The summed E-state index contributed by atoms with van der Waals surface area (Å²) in [6, 6.07) is 21.2. The Labute approximate surface area is 161 Å². The number of carbonyl (C=O) groups excluding carboxylic acids is 1. The summed E-state index contributed by atoms with van der Waals surface area (Å²) < 4.78 is 6.47. The minimum Gasteiger partial charge on any atom is -0.495 e. The number of benzene rings is 3. The molecular weight excluding hydrogens is 356 g/mol. The van der Waals surface area contributed by atoms with Gasteiger partial charge in [0, 0.05) is 11.1 Å². The SMILES string of the molecule is COc1ccc(C)cc1NC(=O)c1ccccc1-c1nc2ccccc2s1. The number of rotatable bonds is 4. The number of hydrogen-bond donors (Lipinski definition) is 1. The number of amides is 1. The normalized spacial score (nSPS) is 10.7. The molecule has 0 aliphatic heterocycles. The molecule has 0 bridgehead atoms. The van der Waals surface area contributed by atoms with Gasteiger partial charge in [-0.15, -0.1) is 11.3 Å². The van der Waals surface area contributed by atoms with Crippen LogP contribution in [-0.4, -0.2) is 18.0 Å². The molecule has 27 heavy (non-hydrogen) atoms. The Morgan fingerprint density at radius 3 is 2.63 bits per heavy atom. The van der Waals surface area contributed by atoms with Gasteiger partial charge in [-0.1, -0.05) is 36.4 Å². The number of fused-ring (bicyclic) bond motifs is 1. The molecule has 4 nitrogen and oxygen atoms in total. The van der Waals surface area contributed by atoms with Gasteiger partial charge in [0.25, 0.3) is 5.91 Å². The molecule has 0 saturated heterocycles. The van der Waals surface area contributed by atoms with Crippen molar-refractivity contribution in [3.05, 3.63) is 77.9 Å². The first-order valence-electron chi connectivity index (χ1n) is 8.56. The van der Waals surface area contributed by atoms with E-state index in [1.165, 1.54) is 0 Å². The Morgan fingerprint density at radius 2 is 1.81 bits per heavy atom. The van der Waals surface area contributed by atoms with Gasteiger partial charge in [0.05, 0.1) is 23.0 Å². The van der Waals surface area contributed by atoms with E-state index in [0.717, 1.165) is 26.4 Å². The van der Waals surface area contributed by atoms with E-state index in [1.807, 2.05) is 73.7 Å². The summed E-state index contributed by atoms with van der Waals surface area (Å²) in [5.74, 6) is 0.445. The highest BCUT2D eigenvalue weighted by molar-refractivity contribution is 7.21. The third-order valence-corrected chi connectivity index (χ3v) is 5.37. The van der Waals surface area contributed by atoms with Crippen LogP contribution in [0.3, 0.4) is 0 Å². The lowest BCUT2D eigenvalue weighted by atomic mass is 10.1. The highest BCUT2D eigenvalue weighted by atomic mass is 32.1. The largest absolute Gasteiger partial charge is 0.495 e. The van der Waals surface area contributed by atoms with Gasteiger partial charge < -0.3 is 10.1 Å². The van der Waals surface area contributed by atoms with Crippen LogP contribution in [0.1, 0.15) is 15.9 Å². The fourth-order valence-electron chi connectivity index (χ4n) is 2.96. The molecule has 0 aliphatic rings. The topological polar surface area (TPSA) is 51.2 Å². The number of nitrogens with zero attached hydrogens (tertiary/aromatic N) is 1. The van der Waals surface area contributed by atoms with Crippen molar-refractivity contribution < 1.29 is 9.53 Å². The van der Waals surface area contributed by atoms with Crippen molar-refractivity contribution in [2.75, 3.05) is 12.4 Å². The number of para-hydroxylation sites is 1. The summed E-state index contributed by atoms with van der Waals surface area (Å²) in [7, 11) is 1.59. The van der Waals surface area contributed by atoms with E-state index in [4.69, 9.17) is 9.72 Å². The van der Waals surface area contributed by atoms with Crippen LogP contribution in [0.15, 0.2) is 66.7 Å². The molecule has 0 spiro atoms. The van der Waals surface area contributed by atoms with Crippen molar-refractivity contribution in [1.82, 2.24) is 4.98 Å². The average Bonchev–Trinajstić information content (AvgIpc) is 3.12. The molecule has 4 rings (SSSR count). The Balaban J connectivity index is 1.72. The predicted molar refractivity (Wildman–Crippen MR) is 111 cm³/mol. The molecule has 0 saturated carbocycles. The number of carbonyl (C=O) groups is 1. The van der Waals surface area contributed by atoms with Gasteiger partial charge in [-0.3, -0.25) is 4.79 Å². The molecular formula is C22H18N2O2S. The van der Waals surface area contributed by atoms with Crippen molar-refractivity contribution in [2.45, 2.75) is 6.92 Å². The first-order chi connectivity index (χ1) is 13.2. The maximum Gasteiger partial charge on any atom is 0.256 e. The molecule has 1 heterocycles. The summed E-state index contributed by atoms with van der Waals surface area (Å²) in [6.45, 7) is 1.98. The van der Waals surface area contributed by atoms with Gasteiger partial charge in [0.1, 0.15) is 10.8 Å². The first-order valence-corrected chi connectivity index (χ1v) is 9.38. The average molecular weight is 374 g/mol. The van der Waals surface area contributed by atoms with Crippen LogP contribution in [-0.2, 0) is 0 Å². The summed E-state index contributed by atoms with van der Waals surface area (Å²) in [6.07, 6.45) is 0. The molecule has 0 radical (unpaired) electrons. The first kappa shape index (κ1) is 17.2. The quantitative estimate of drug-likeness (QED) is 0.511. The number of thiazole rings is 1. The monoisotopic (exact) mass is 374 g/mol. The van der Waals surface area contributed by atoms with Crippen LogP contribution in [0.4, 0.5) is 5.69 Å². The van der Waals surface area contributed by atoms with Gasteiger partial charge in [-0.25, -0.2) is 4.98 Å². The van der Waals surface area contributed by atoms with Gasteiger partial charge in [-0.2, -0.15) is 0 Å². The zero-order valence-corrected chi connectivity index (χ0v) is 15.8. The standard InChI is InChI=1S/C22H18N2O2S/c1-14-11-12-19(26-2)18(13-14)23-21(25)15-7-3-4-8-16(15)22-24-17-9-5-6-10-20(17)27-22/h3-13H,1-2H3,(H,23,25). The number of anilines is 1. The lowest BCUT2D eigenvalue weighted by Gasteiger charge is -2.12. The summed E-state index contributed by atoms with van der Waals surface area (Å²) in [4.78, 5) is 17.7. The zero-order valence-electron chi connectivity index (χ0n) is 15.0. The van der Waals surface area contributed by atoms with E-state index in [-0.39, 0.29) is 5.91 Å². The maximum atomic E-state index is 13.0. The van der Waals surface area contributed by atoms with Crippen LogP contribution in [0.2, 0.25) is 0 Å². The van der Waals surface area contributed by atoms with Gasteiger partial charge in [-0.05, 0) is 42.8 Å². The van der Waals surface area contributed by atoms with Crippen molar-refractivity contribution in [1.29, 1.82) is 0 Å². The van der Waals surface area contributed by atoms with Crippen molar-refractivity contribution in [3.63, 3.8) is 0 Å². The highest BCUT2D eigenvalue weighted by Crippen LogP contribution is 2.33. The molecule has 0 atom stereocenters. The van der Waals surface area contributed by atoms with Gasteiger partial charge >= 0.3 is 0 Å². The fourth-order valence-corrected chi connectivity index (χ4v) is 3.97. The van der Waals surface area contributed by atoms with Crippen LogP contribution in [0.25, 0.3) is 20.8 Å². The number of nitrogens with one attached hydrogen (secondary N) is 1. The third kappa shape index (κ3) is 3.41. The summed E-state index contributed by atoms with van der Waals surface area (Å²) in [5.41, 5.74) is 4.04. The Hall–Kier alpha value is -3.18. The predicted octanol–water partition coefficient (Wildman–Crippen LogP) is 5.53.